The first-order chi connectivity index (χ1) is 8.29. The van der Waals surface area contributed by atoms with Crippen LogP contribution in [0.25, 0.3) is 0 Å². The van der Waals surface area contributed by atoms with Crippen LogP contribution in [0.2, 0.25) is 0 Å². The van der Waals surface area contributed by atoms with E-state index in [4.69, 9.17) is 4.74 Å². The fourth-order valence-electron chi connectivity index (χ4n) is 1.20. The Morgan fingerprint density at radius 1 is 1.41 bits per heavy atom. The first kappa shape index (κ1) is 13.0. The largest absolute Gasteiger partial charge is 0.384 e. The third-order valence-corrected chi connectivity index (χ3v) is 4.83. The van der Waals surface area contributed by atoms with Gasteiger partial charge in [-0.05, 0) is 39.6 Å². The average molecular weight is 331 g/mol. The second kappa shape index (κ2) is 6.49. The zero-order valence-electron chi connectivity index (χ0n) is 9.22. The van der Waals surface area contributed by atoms with Crippen LogP contribution in [0.15, 0.2) is 38.0 Å². The zero-order valence-corrected chi connectivity index (χ0v) is 12.4. The van der Waals surface area contributed by atoms with Crippen LogP contribution in [0, 0.1) is 0 Å². The molecule has 2 aromatic rings. The predicted molar refractivity (Wildman–Crippen MR) is 73.8 cm³/mol. The maximum absolute atomic E-state index is 5.00. The first-order valence-electron chi connectivity index (χ1n) is 5.03. The van der Waals surface area contributed by atoms with Crippen molar-refractivity contribution in [2.45, 2.75) is 15.7 Å². The monoisotopic (exact) mass is 330 g/mol. The summed E-state index contributed by atoms with van der Waals surface area (Å²) in [6.45, 7) is 0.663. The van der Waals surface area contributed by atoms with Crippen molar-refractivity contribution in [2.75, 3.05) is 13.7 Å². The second-order valence-electron chi connectivity index (χ2n) is 3.25. The van der Waals surface area contributed by atoms with Crippen LogP contribution in [-0.4, -0.2) is 23.1 Å². The lowest BCUT2D eigenvalue weighted by atomic mass is 10.4. The SMILES string of the molecule is COCCc1nsc(Sc2ccccc2Br)n1. The van der Waals surface area contributed by atoms with Crippen molar-refractivity contribution in [1.82, 2.24) is 9.36 Å². The lowest BCUT2D eigenvalue weighted by Crippen LogP contribution is -1.95. The maximum Gasteiger partial charge on any atom is 0.174 e. The van der Waals surface area contributed by atoms with Crippen LogP contribution < -0.4 is 0 Å². The molecular weight excluding hydrogens is 320 g/mol. The standard InChI is InChI=1S/C11H11BrN2OS2/c1-15-7-6-10-13-11(17-14-10)16-9-5-3-2-4-8(9)12/h2-5H,6-7H2,1H3. The number of aromatic nitrogens is 2. The fourth-order valence-corrected chi connectivity index (χ4v) is 3.37. The quantitative estimate of drug-likeness (QED) is 0.838. The summed E-state index contributed by atoms with van der Waals surface area (Å²) in [4.78, 5) is 5.61. The molecule has 0 saturated heterocycles. The number of methoxy groups -OCH3 is 1. The van der Waals surface area contributed by atoms with Gasteiger partial charge < -0.3 is 4.74 Å². The van der Waals surface area contributed by atoms with Gasteiger partial charge in [-0.3, -0.25) is 0 Å². The Morgan fingerprint density at radius 2 is 2.24 bits per heavy atom. The number of benzene rings is 1. The zero-order chi connectivity index (χ0) is 12.1. The molecule has 1 heterocycles. The predicted octanol–water partition coefficient (Wildman–Crippen LogP) is 3.64. The highest BCUT2D eigenvalue weighted by atomic mass is 79.9. The van der Waals surface area contributed by atoms with E-state index in [0.29, 0.717) is 6.61 Å². The van der Waals surface area contributed by atoms with Crippen LogP contribution in [0.3, 0.4) is 0 Å². The molecule has 17 heavy (non-hydrogen) atoms. The van der Waals surface area contributed by atoms with Crippen LogP contribution >= 0.6 is 39.2 Å². The smallest absolute Gasteiger partial charge is 0.174 e. The molecule has 0 saturated carbocycles. The van der Waals surface area contributed by atoms with E-state index in [2.05, 4.69) is 31.4 Å². The van der Waals surface area contributed by atoms with Gasteiger partial charge in [0, 0.05) is 22.9 Å². The van der Waals surface area contributed by atoms with E-state index in [0.717, 1.165) is 26.0 Å². The van der Waals surface area contributed by atoms with Gasteiger partial charge in [-0.15, -0.1) is 0 Å². The van der Waals surface area contributed by atoms with Gasteiger partial charge in [-0.25, -0.2) is 4.98 Å². The van der Waals surface area contributed by atoms with Crippen molar-refractivity contribution in [3.05, 3.63) is 34.6 Å². The van der Waals surface area contributed by atoms with Crippen LogP contribution in [0.5, 0.6) is 0 Å². The summed E-state index contributed by atoms with van der Waals surface area (Å²) in [7, 11) is 1.68. The normalized spacial score (nSPS) is 10.7. The van der Waals surface area contributed by atoms with E-state index < -0.39 is 0 Å². The number of hydrogen-bond donors (Lipinski definition) is 0. The van der Waals surface area contributed by atoms with Crippen molar-refractivity contribution in [1.29, 1.82) is 0 Å². The molecule has 0 atom stereocenters. The van der Waals surface area contributed by atoms with Gasteiger partial charge in [0.15, 0.2) is 4.34 Å². The molecule has 1 aromatic carbocycles. The molecule has 1 aromatic heterocycles. The summed E-state index contributed by atoms with van der Waals surface area (Å²) < 4.78 is 11.3. The molecule has 3 nitrogen and oxygen atoms in total. The molecule has 0 radical (unpaired) electrons. The highest BCUT2D eigenvalue weighted by Gasteiger charge is 2.07. The molecule has 90 valence electrons. The lowest BCUT2D eigenvalue weighted by Gasteiger charge is -1.99. The van der Waals surface area contributed by atoms with Gasteiger partial charge >= 0.3 is 0 Å². The summed E-state index contributed by atoms with van der Waals surface area (Å²) in [5.41, 5.74) is 0. The molecular formula is C11H11BrN2OS2. The van der Waals surface area contributed by atoms with E-state index in [1.165, 1.54) is 11.5 Å². The van der Waals surface area contributed by atoms with E-state index in [1.807, 2.05) is 18.2 Å². The summed E-state index contributed by atoms with van der Waals surface area (Å²) in [5.74, 6) is 0.853. The Hall–Kier alpha value is -0.430. The van der Waals surface area contributed by atoms with Gasteiger partial charge in [0.1, 0.15) is 5.82 Å². The minimum atomic E-state index is 0.663. The molecule has 0 aliphatic heterocycles. The van der Waals surface area contributed by atoms with Crippen LogP contribution in [0.4, 0.5) is 0 Å². The third-order valence-electron chi connectivity index (χ3n) is 2.01. The Morgan fingerprint density at radius 3 is 3.00 bits per heavy atom. The molecule has 6 heteroatoms. The van der Waals surface area contributed by atoms with E-state index in [1.54, 1.807) is 18.9 Å². The van der Waals surface area contributed by atoms with E-state index in [-0.39, 0.29) is 0 Å². The molecule has 0 fully saturated rings. The van der Waals surface area contributed by atoms with E-state index in [9.17, 15) is 0 Å². The molecule has 0 bridgehead atoms. The van der Waals surface area contributed by atoms with Gasteiger partial charge in [0.25, 0.3) is 0 Å². The fraction of sp³-hybridized carbons (Fsp3) is 0.273. The van der Waals surface area contributed by atoms with Crippen LogP contribution in [-0.2, 0) is 11.2 Å². The minimum Gasteiger partial charge on any atom is -0.384 e. The number of rotatable bonds is 5. The van der Waals surface area contributed by atoms with Gasteiger partial charge in [0.05, 0.1) is 6.61 Å². The first-order valence-corrected chi connectivity index (χ1v) is 7.42. The summed E-state index contributed by atoms with van der Waals surface area (Å²) in [6, 6.07) is 8.10. The molecule has 0 aliphatic carbocycles. The third kappa shape index (κ3) is 3.77. The minimum absolute atomic E-state index is 0.663. The van der Waals surface area contributed by atoms with Gasteiger partial charge in [-0.2, -0.15) is 4.37 Å². The van der Waals surface area contributed by atoms with Crippen molar-refractivity contribution < 1.29 is 4.74 Å². The van der Waals surface area contributed by atoms with Crippen molar-refractivity contribution in [3.63, 3.8) is 0 Å². The average Bonchev–Trinajstić information content (AvgIpc) is 2.77. The van der Waals surface area contributed by atoms with E-state index >= 15 is 0 Å². The summed E-state index contributed by atoms with van der Waals surface area (Å²) in [6.07, 6.45) is 0.767. The van der Waals surface area contributed by atoms with Gasteiger partial charge in [0.2, 0.25) is 0 Å². The van der Waals surface area contributed by atoms with Crippen molar-refractivity contribution >= 4 is 39.2 Å². The highest BCUT2D eigenvalue weighted by molar-refractivity contribution is 9.10. The topological polar surface area (TPSA) is 35.0 Å². The Labute approximate surface area is 117 Å². The summed E-state index contributed by atoms with van der Waals surface area (Å²) in [5, 5.41) is 0. The molecule has 2 rings (SSSR count). The Balaban J connectivity index is 2.04. The van der Waals surface area contributed by atoms with Crippen molar-refractivity contribution in [3.8, 4) is 0 Å². The highest BCUT2D eigenvalue weighted by Crippen LogP contribution is 2.33. The van der Waals surface area contributed by atoms with Crippen LogP contribution in [0.1, 0.15) is 5.82 Å². The maximum atomic E-state index is 5.00. The number of hydrogen-bond acceptors (Lipinski definition) is 5. The van der Waals surface area contributed by atoms with Crippen molar-refractivity contribution in [2.24, 2.45) is 0 Å². The molecule has 0 amide bonds. The molecule has 0 aliphatic rings. The molecule has 0 unspecified atom stereocenters. The van der Waals surface area contributed by atoms with Gasteiger partial charge in [-0.1, -0.05) is 23.9 Å². The lowest BCUT2D eigenvalue weighted by molar-refractivity contribution is 0.200. The molecule has 0 N–H and O–H groups in total. The Kier molecular flexibility index (Phi) is 4.97. The number of nitrogens with zero attached hydrogens (tertiary/aromatic N) is 2. The number of halogens is 1. The Bertz CT molecular complexity index is 490. The second-order valence-corrected chi connectivity index (χ2v) is 6.15. The summed E-state index contributed by atoms with van der Waals surface area (Å²) >= 11 is 6.57. The molecule has 0 spiro atoms. The number of ether oxygens (including phenoxy) is 1.